The molecule has 0 bridgehead atoms. The maximum absolute atomic E-state index is 5.43. The predicted octanol–water partition coefficient (Wildman–Crippen LogP) is 3.54. The zero-order chi connectivity index (χ0) is 18.4. The molecule has 0 unspecified atom stereocenters. The topological polar surface area (TPSA) is 61.2 Å². The van der Waals surface area contributed by atoms with Crippen molar-refractivity contribution in [2.75, 3.05) is 26.1 Å². The lowest BCUT2D eigenvalue weighted by molar-refractivity contribution is 0.355. The van der Waals surface area contributed by atoms with E-state index in [-0.39, 0.29) is 0 Å². The molecule has 0 spiro atoms. The molecule has 0 atom stereocenters. The molecule has 0 saturated carbocycles. The van der Waals surface area contributed by atoms with Crippen molar-refractivity contribution in [2.24, 2.45) is 7.05 Å². The van der Waals surface area contributed by atoms with E-state index in [0.29, 0.717) is 0 Å². The number of para-hydroxylation sites is 1. The van der Waals surface area contributed by atoms with Crippen molar-refractivity contribution in [3.05, 3.63) is 54.6 Å². The van der Waals surface area contributed by atoms with E-state index in [1.54, 1.807) is 20.5 Å². The number of aromatic nitrogens is 3. The van der Waals surface area contributed by atoms with Crippen molar-refractivity contribution in [1.82, 2.24) is 14.8 Å². The number of nitrogens with one attached hydrogen (secondary N) is 1. The zero-order valence-electron chi connectivity index (χ0n) is 15.4. The molecule has 1 heterocycles. The van der Waals surface area contributed by atoms with Gasteiger partial charge in [-0.2, -0.15) is 0 Å². The minimum absolute atomic E-state index is 0.724. The number of hydrogen-bond donors (Lipinski definition) is 1. The first kappa shape index (κ1) is 17.8. The molecular formula is C20H24N4O2. The molecule has 6 heteroatoms. The first-order valence-electron chi connectivity index (χ1n) is 8.61. The fourth-order valence-corrected chi connectivity index (χ4v) is 2.90. The Morgan fingerprint density at radius 1 is 1.04 bits per heavy atom. The van der Waals surface area contributed by atoms with Crippen LogP contribution in [0.1, 0.15) is 12.2 Å². The van der Waals surface area contributed by atoms with Crippen LogP contribution in [0.15, 0.2) is 48.8 Å². The largest absolute Gasteiger partial charge is 0.493 e. The second kappa shape index (κ2) is 8.38. The molecule has 3 rings (SSSR count). The highest BCUT2D eigenvalue weighted by molar-refractivity contribution is 5.79. The van der Waals surface area contributed by atoms with E-state index >= 15 is 0 Å². The number of rotatable bonds is 8. The van der Waals surface area contributed by atoms with Gasteiger partial charge in [0.2, 0.25) is 0 Å². The number of aryl methyl sites for hydroxylation is 2. The van der Waals surface area contributed by atoms with Crippen LogP contribution in [0.3, 0.4) is 0 Å². The minimum Gasteiger partial charge on any atom is -0.493 e. The minimum atomic E-state index is 0.724. The Labute approximate surface area is 153 Å². The maximum Gasteiger partial charge on any atom is 0.161 e. The standard InChI is InChI=1S/C20H24N4O2/c1-24-14-22-23-20(24)9-6-12-21-17-8-5-4-7-16(17)15-10-11-18(25-2)19(13-15)26-3/h4-5,7-8,10-11,13-14,21H,6,9,12H2,1-3H3. The van der Waals surface area contributed by atoms with Gasteiger partial charge in [-0.15, -0.1) is 10.2 Å². The highest BCUT2D eigenvalue weighted by Gasteiger charge is 2.09. The van der Waals surface area contributed by atoms with Crippen molar-refractivity contribution >= 4 is 5.69 Å². The van der Waals surface area contributed by atoms with Crippen LogP contribution in [0.2, 0.25) is 0 Å². The average Bonchev–Trinajstić information content (AvgIpc) is 3.09. The smallest absolute Gasteiger partial charge is 0.161 e. The first-order chi connectivity index (χ1) is 12.7. The van der Waals surface area contributed by atoms with Crippen molar-refractivity contribution in [3.8, 4) is 22.6 Å². The average molecular weight is 352 g/mol. The van der Waals surface area contributed by atoms with Gasteiger partial charge in [-0.1, -0.05) is 24.3 Å². The molecule has 0 amide bonds. The van der Waals surface area contributed by atoms with Crippen LogP contribution in [-0.4, -0.2) is 35.5 Å². The number of methoxy groups -OCH3 is 2. The zero-order valence-corrected chi connectivity index (χ0v) is 15.4. The molecule has 0 fully saturated rings. The van der Waals surface area contributed by atoms with E-state index in [9.17, 15) is 0 Å². The molecule has 2 aromatic carbocycles. The summed E-state index contributed by atoms with van der Waals surface area (Å²) in [4.78, 5) is 0. The highest BCUT2D eigenvalue weighted by atomic mass is 16.5. The molecule has 0 radical (unpaired) electrons. The van der Waals surface area contributed by atoms with Gasteiger partial charge in [-0.25, -0.2) is 0 Å². The molecule has 0 aliphatic rings. The molecule has 0 aliphatic heterocycles. The molecule has 3 aromatic rings. The Morgan fingerprint density at radius 2 is 1.85 bits per heavy atom. The quantitative estimate of drug-likeness (QED) is 0.628. The summed E-state index contributed by atoms with van der Waals surface area (Å²) in [5, 5.41) is 11.6. The van der Waals surface area contributed by atoms with Gasteiger partial charge in [0.25, 0.3) is 0 Å². The van der Waals surface area contributed by atoms with E-state index in [0.717, 1.165) is 53.5 Å². The van der Waals surface area contributed by atoms with Gasteiger partial charge in [0, 0.05) is 31.3 Å². The van der Waals surface area contributed by atoms with Crippen LogP contribution in [-0.2, 0) is 13.5 Å². The summed E-state index contributed by atoms with van der Waals surface area (Å²) in [6.07, 6.45) is 3.60. The number of hydrogen-bond acceptors (Lipinski definition) is 5. The molecule has 26 heavy (non-hydrogen) atoms. The summed E-state index contributed by atoms with van der Waals surface area (Å²) in [5.41, 5.74) is 3.31. The molecule has 1 aromatic heterocycles. The summed E-state index contributed by atoms with van der Waals surface area (Å²) < 4.78 is 12.7. The Balaban J connectivity index is 1.71. The molecule has 0 aliphatic carbocycles. The first-order valence-corrected chi connectivity index (χ1v) is 8.61. The SMILES string of the molecule is COc1ccc(-c2ccccc2NCCCc2nncn2C)cc1OC. The van der Waals surface area contributed by atoms with E-state index in [1.165, 1.54) is 0 Å². The highest BCUT2D eigenvalue weighted by Crippen LogP contribution is 2.35. The van der Waals surface area contributed by atoms with Gasteiger partial charge in [-0.05, 0) is 30.2 Å². The fourth-order valence-electron chi connectivity index (χ4n) is 2.90. The van der Waals surface area contributed by atoms with E-state index in [2.05, 4.69) is 27.6 Å². The normalized spacial score (nSPS) is 10.6. The Kier molecular flexibility index (Phi) is 5.73. The van der Waals surface area contributed by atoms with Crippen LogP contribution in [0, 0.1) is 0 Å². The van der Waals surface area contributed by atoms with E-state index in [4.69, 9.17) is 9.47 Å². The third-order valence-electron chi connectivity index (χ3n) is 4.32. The summed E-state index contributed by atoms with van der Waals surface area (Å²) in [7, 11) is 5.26. The van der Waals surface area contributed by atoms with Gasteiger partial charge in [0.15, 0.2) is 11.5 Å². The van der Waals surface area contributed by atoms with Crippen LogP contribution in [0.25, 0.3) is 11.1 Å². The van der Waals surface area contributed by atoms with Gasteiger partial charge in [0.05, 0.1) is 14.2 Å². The summed E-state index contributed by atoms with van der Waals surface area (Å²) in [5.74, 6) is 2.45. The number of ether oxygens (including phenoxy) is 2. The number of benzene rings is 2. The number of anilines is 1. The van der Waals surface area contributed by atoms with E-state index in [1.807, 2.05) is 41.9 Å². The van der Waals surface area contributed by atoms with Crippen molar-refractivity contribution in [3.63, 3.8) is 0 Å². The molecular weight excluding hydrogens is 328 g/mol. The van der Waals surface area contributed by atoms with Gasteiger partial charge >= 0.3 is 0 Å². The third-order valence-corrected chi connectivity index (χ3v) is 4.32. The summed E-state index contributed by atoms with van der Waals surface area (Å²) >= 11 is 0. The molecule has 136 valence electrons. The third kappa shape index (κ3) is 3.96. The van der Waals surface area contributed by atoms with Crippen molar-refractivity contribution < 1.29 is 9.47 Å². The Hall–Kier alpha value is -3.02. The van der Waals surface area contributed by atoms with E-state index < -0.39 is 0 Å². The fraction of sp³-hybridized carbons (Fsp3) is 0.300. The lowest BCUT2D eigenvalue weighted by atomic mass is 10.0. The summed E-state index contributed by atoms with van der Waals surface area (Å²) in [6.45, 7) is 0.858. The van der Waals surface area contributed by atoms with Gasteiger partial charge < -0.3 is 19.4 Å². The van der Waals surface area contributed by atoms with Crippen molar-refractivity contribution in [2.45, 2.75) is 12.8 Å². The predicted molar refractivity (Wildman–Crippen MR) is 103 cm³/mol. The van der Waals surface area contributed by atoms with Crippen LogP contribution < -0.4 is 14.8 Å². The van der Waals surface area contributed by atoms with Crippen LogP contribution in [0.4, 0.5) is 5.69 Å². The van der Waals surface area contributed by atoms with Crippen LogP contribution >= 0.6 is 0 Å². The summed E-state index contributed by atoms with van der Waals surface area (Å²) in [6, 6.07) is 14.2. The molecule has 0 saturated heterocycles. The van der Waals surface area contributed by atoms with Crippen molar-refractivity contribution in [1.29, 1.82) is 0 Å². The molecule has 6 nitrogen and oxygen atoms in total. The number of nitrogens with zero attached hydrogens (tertiary/aromatic N) is 3. The maximum atomic E-state index is 5.43. The molecule has 1 N–H and O–H groups in total. The van der Waals surface area contributed by atoms with Gasteiger partial charge in [-0.3, -0.25) is 0 Å². The Morgan fingerprint density at radius 3 is 2.58 bits per heavy atom. The monoisotopic (exact) mass is 352 g/mol. The van der Waals surface area contributed by atoms with Gasteiger partial charge in [0.1, 0.15) is 12.2 Å². The Bertz CT molecular complexity index is 861. The van der Waals surface area contributed by atoms with Crippen LogP contribution in [0.5, 0.6) is 11.5 Å². The second-order valence-corrected chi connectivity index (χ2v) is 6.00. The second-order valence-electron chi connectivity index (χ2n) is 6.00. The lowest BCUT2D eigenvalue weighted by Crippen LogP contribution is -2.06. The lowest BCUT2D eigenvalue weighted by Gasteiger charge is -2.14.